The van der Waals surface area contributed by atoms with Gasteiger partial charge in [0.25, 0.3) is 11.6 Å². The van der Waals surface area contributed by atoms with Gasteiger partial charge in [-0.1, -0.05) is 13.8 Å². The molecule has 0 atom stereocenters. The van der Waals surface area contributed by atoms with Crippen molar-refractivity contribution in [3.05, 3.63) is 69.8 Å². The summed E-state index contributed by atoms with van der Waals surface area (Å²) in [6, 6.07) is 12.2. The van der Waals surface area contributed by atoms with Gasteiger partial charge in [-0.15, -0.1) is 0 Å². The van der Waals surface area contributed by atoms with Crippen molar-refractivity contribution < 1.29 is 14.5 Å². The lowest BCUT2D eigenvalue weighted by atomic mass is 10.1. The lowest BCUT2D eigenvalue weighted by molar-refractivity contribution is -0.384. The van der Waals surface area contributed by atoms with Gasteiger partial charge in [0.1, 0.15) is 0 Å². The number of carbonyl (C=O) groups excluding carboxylic acids is 2. The van der Waals surface area contributed by atoms with Gasteiger partial charge in [0.2, 0.25) is 5.91 Å². The van der Waals surface area contributed by atoms with Crippen LogP contribution in [0.25, 0.3) is 0 Å². The van der Waals surface area contributed by atoms with E-state index >= 15 is 0 Å². The topological polar surface area (TPSA) is 114 Å². The van der Waals surface area contributed by atoms with Crippen LogP contribution in [0.1, 0.15) is 36.2 Å². The summed E-state index contributed by atoms with van der Waals surface area (Å²) in [5, 5.41) is 17.2. The maximum Gasteiger partial charge on any atom is 0.271 e. The molecule has 8 nitrogen and oxygen atoms in total. The normalized spacial score (nSPS) is 10.8. The fourth-order valence-electron chi connectivity index (χ4n) is 2.20. The van der Waals surface area contributed by atoms with E-state index < -0.39 is 10.8 Å². The maximum atomic E-state index is 12.1. The van der Waals surface area contributed by atoms with Crippen LogP contribution in [0.4, 0.5) is 11.4 Å². The van der Waals surface area contributed by atoms with Crippen molar-refractivity contribution in [3.8, 4) is 0 Å². The molecule has 0 bridgehead atoms. The number of hydrogen-bond donors (Lipinski definition) is 2. The second-order valence-corrected chi connectivity index (χ2v) is 6.27. The largest absolute Gasteiger partial charge is 0.326 e. The molecule has 0 fully saturated rings. The monoisotopic (exact) mass is 368 g/mol. The molecule has 2 aromatic rings. The number of nitro groups is 1. The van der Waals surface area contributed by atoms with Gasteiger partial charge in [0.05, 0.1) is 11.1 Å². The Morgan fingerprint density at radius 1 is 1.11 bits per heavy atom. The molecule has 2 amide bonds. The van der Waals surface area contributed by atoms with Gasteiger partial charge in [-0.05, 0) is 47.9 Å². The van der Waals surface area contributed by atoms with Gasteiger partial charge in [0.15, 0.2) is 0 Å². The third-order valence-corrected chi connectivity index (χ3v) is 3.51. The highest BCUT2D eigenvalue weighted by molar-refractivity contribution is 5.96. The lowest BCUT2D eigenvalue weighted by Gasteiger charge is -2.07. The third kappa shape index (κ3) is 6.35. The summed E-state index contributed by atoms with van der Waals surface area (Å²) in [6.07, 6.45) is 1.82. The first-order valence-electron chi connectivity index (χ1n) is 8.33. The second kappa shape index (κ2) is 9.23. The van der Waals surface area contributed by atoms with Crippen LogP contribution in [0.15, 0.2) is 53.6 Å². The molecule has 140 valence electrons. The first kappa shape index (κ1) is 19.8. The van der Waals surface area contributed by atoms with Crippen molar-refractivity contribution in [1.82, 2.24) is 5.43 Å². The Bertz CT molecular complexity index is 843. The van der Waals surface area contributed by atoms with Crippen molar-refractivity contribution in [3.63, 3.8) is 0 Å². The molecule has 2 rings (SSSR count). The molecule has 27 heavy (non-hydrogen) atoms. The number of nitrogens with one attached hydrogen (secondary N) is 2. The molecule has 0 unspecified atom stereocenters. The van der Waals surface area contributed by atoms with E-state index in [1.54, 1.807) is 24.3 Å². The van der Waals surface area contributed by atoms with Crippen molar-refractivity contribution >= 4 is 29.4 Å². The van der Waals surface area contributed by atoms with Crippen LogP contribution >= 0.6 is 0 Å². The first-order chi connectivity index (χ1) is 12.8. The van der Waals surface area contributed by atoms with Crippen molar-refractivity contribution in [2.45, 2.75) is 20.3 Å². The number of non-ortho nitro benzene ring substituents is 1. The zero-order valence-electron chi connectivity index (χ0n) is 15.0. The van der Waals surface area contributed by atoms with E-state index in [4.69, 9.17) is 0 Å². The minimum Gasteiger partial charge on any atom is -0.326 e. The lowest BCUT2D eigenvalue weighted by Crippen LogP contribution is -2.18. The van der Waals surface area contributed by atoms with E-state index in [1.165, 1.54) is 30.5 Å². The van der Waals surface area contributed by atoms with Gasteiger partial charge in [-0.2, -0.15) is 5.10 Å². The Morgan fingerprint density at radius 2 is 1.74 bits per heavy atom. The van der Waals surface area contributed by atoms with E-state index in [9.17, 15) is 19.7 Å². The van der Waals surface area contributed by atoms with E-state index in [0.29, 0.717) is 23.2 Å². The van der Waals surface area contributed by atoms with Crippen molar-refractivity contribution in [2.75, 3.05) is 5.32 Å². The van der Waals surface area contributed by atoms with Crippen LogP contribution in [0.3, 0.4) is 0 Å². The van der Waals surface area contributed by atoms with Crippen LogP contribution in [0.2, 0.25) is 0 Å². The number of carbonyl (C=O) groups is 2. The number of rotatable bonds is 7. The molecular weight excluding hydrogens is 348 g/mol. The number of hydrogen-bond acceptors (Lipinski definition) is 5. The van der Waals surface area contributed by atoms with Gasteiger partial charge < -0.3 is 5.32 Å². The molecule has 0 aliphatic rings. The van der Waals surface area contributed by atoms with Crippen molar-refractivity contribution in [1.29, 1.82) is 0 Å². The first-order valence-corrected chi connectivity index (χ1v) is 8.33. The molecule has 0 saturated heterocycles. The summed E-state index contributed by atoms with van der Waals surface area (Å²) in [7, 11) is 0. The average molecular weight is 368 g/mol. The number of hydrazone groups is 1. The summed E-state index contributed by atoms with van der Waals surface area (Å²) in [4.78, 5) is 33.9. The Morgan fingerprint density at radius 3 is 2.30 bits per heavy atom. The number of nitro benzene ring substituents is 1. The predicted molar refractivity (Wildman–Crippen MR) is 103 cm³/mol. The summed E-state index contributed by atoms with van der Waals surface area (Å²) in [5.41, 5.74) is 3.98. The molecular formula is C19H20N4O4. The zero-order chi connectivity index (χ0) is 19.8. The van der Waals surface area contributed by atoms with Crippen LogP contribution in [0.5, 0.6) is 0 Å². The molecule has 0 spiro atoms. The maximum absolute atomic E-state index is 12.1. The highest BCUT2D eigenvalue weighted by atomic mass is 16.6. The Hall–Kier alpha value is -3.55. The van der Waals surface area contributed by atoms with Gasteiger partial charge in [0, 0.05) is 29.8 Å². The van der Waals surface area contributed by atoms with Crippen molar-refractivity contribution in [2.24, 2.45) is 11.0 Å². The summed E-state index contributed by atoms with van der Waals surface area (Å²) in [6.45, 7) is 3.93. The molecule has 0 radical (unpaired) electrons. The fourth-order valence-corrected chi connectivity index (χ4v) is 2.20. The van der Waals surface area contributed by atoms with Crippen LogP contribution in [0, 0.1) is 16.0 Å². The second-order valence-electron chi connectivity index (χ2n) is 6.27. The summed E-state index contributed by atoms with van der Waals surface area (Å²) >= 11 is 0. The van der Waals surface area contributed by atoms with Crippen LogP contribution < -0.4 is 10.7 Å². The molecule has 0 aromatic heterocycles. The SMILES string of the molecule is CC(C)CC(=O)Nc1ccc(C(=O)NN=Cc2ccc([N+](=O)[O-])cc2)cc1. The van der Waals surface area contributed by atoms with E-state index in [1.807, 2.05) is 13.8 Å². The molecule has 0 aliphatic heterocycles. The smallest absolute Gasteiger partial charge is 0.271 e. The van der Waals surface area contributed by atoms with Gasteiger partial charge >= 0.3 is 0 Å². The minimum absolute atomic E-state index is 0.0169. The molecule has 0 heterocycles. The molecule has 2 N–H and O–H groups in total. The standard InChI is InChI=1S/C19H20N4O4/c1-13(2)11-18(24)21-16-7-5-15(6-8-16)19(25)22-20-12-14-3-9-17(10-4-14)23(26)27/h3-10,12-13H,11H2,1-2H3,(H,21,24)(H,22,25). The minimum atomic E-state index is -0.488. The summed E-state index contributed by atoms with van der Waals surface area (Å²) in [5.74, 6) is -0.216. The van der Waals surface area contributed by atoms with E-state index in [0.717, 1.165) is 0 Å². The Kier molecular flexibility index (Phi) is 6.76. The van der Waals surface area contributed by atoms with Crippen LogP contribution in [-0.2, 0) is 4.79 Å². The van der Waals surface area contributed by atoms with Crippen LogP contribution in [-0.4, -0.2) is 23.0 Å². The molecule has 2 aromatic carbocycles. The zero-order valence-corrected chi connectivity index (χ0v) is 15.0. The Labute approximate surface area is 156 Å². The average Bonchev–Trinajstić information content (AvgIpc) is 2.62. The van der Waals surface area contributed by atoms with Gasteiger partial charge in [-0.3, -0.25) is 19.7 Å². The van der Waals surface area contributed by atoms with E-state index in [-0.39, 0.29) is 17.5 Å². The van der Waals surface area contributed by atoms with E-state index in [2.05, 4.69) is 15.8 Å². The highest BCUT2D eigenvalue weighted by Gasteiger charge is 2.07. The molecule has 8 heteroatoms. The number of amides is 2. The quantitative estimate of drug-likeness (QED) is 0.443. The number of benzene rings is 2. The predicted octanol–water partition coefficient (Wildman–Crippen LogP) is 3.34. The third-order valence-electron chi connectivity index (χ3n) is 3.51. The number of nitrogens with zero attached hydrogens (tertiary/aromatic N) is 2. The summed E-state index contributed by atoms with van der Waals surface area (Å²) < 4.78 is 0. The number of anilines is 1. The highest BCUT2D eigenvalue weighted by Crippen LogP contribution is 2.12. The Balaban J connectivity index is 1.90. The van der Waals surface area contributed by atoms with Gasteiger partial charge in [-0.25, -0.2) is 5.43 Å². The molecule has 0 saturated carbocycles. The molecule has 0 aliphatic carbocycles. The fraction of sp³-hybridized carbons (Fsp3) is 0.211.